The zero-order chi connectivity index (χ0) is 7.33. The molecule has 0 spiro atoms. The molecule has 0 aliphatic carbocycles. The molecule has 0 aromatic heterocycles. The van der Waals surface area contributed by atoms with E-state index in [-0.39, 0.29) is 6.61 Å². The smallest absolute Gasteiger partial charge is 0.155 e. The van der Waals surface area contributed by atoms with E-state index in [4.69, 9.17) is 5.11 Å². The molecule has 0 saturated carbocycles. The third-order valence-corrected chi connectivity index (χ3v) is 2.84. The van der Waals surface area contributed by atoms with Crippen LogP contribution in [-0.2, 0) is 0 Å². The van der Waals surface area contributed by atoms with Crippen LogP contribution in [0.25, 0.3) is 0 Å². The Balaban J connectivity index is 4.00. The molecule has 0 saturated heterocycles. The van der Waals surface area contributed by atoms with Gasteiger partial charge < -0.3 is 5.11 Å². The van der Waals surface area contributed by atoms with Crippen LogP contribution in [0.15, 0.2) is 12.3 Å². The third kappa shape index (κ3) is 4.01. The maximum absolute atomic E-state index is 8.34. The Morgan fingerprint density at radius 2 is 2.22 bits per heavy atom. The Morgan fingerprint density at radius 1 is 1.67 bits per heavy atom. The Bertz CT molecular complexity index is 150. The van der Waals surface area contributed by atoms with E-state index in [0.717, 1.165) is 0 Å². The molecule has 50 valence electrons. The van der Waals surface area contributed by atoms with Gasteiger partial charge in [-0.2, -0.15) is 0 Å². The molecule has 0 bridgehead atoms. The van der Waals surface area contributed by atoms with E-state index >= 15 is 0 Å². The minimum atomic E-state index is -1.46. The highest BCUT2D eigenvalue weighted by Gasteiger charge is 2.10. The molecule has 0 rings (SSSR count). The monoisotopic (exact) mass is 140 g/mol. The van der Waals surface area contributed by atoms with Crippen LogP contribution in [0.3, 0.4) is 0 Å². The van der Waals surface area contributed by atoms with Gasteiger partial charge in [0, 0.05) is 0 Å². The predicted octanol–water partition coefficient (Wildman–Crippen LogP) is 0.955. The Hall–Kier alpha value is -0.523. The number of hydrogen-bond acceptors (Lipinski definition) is 1. The fraction of sp³-hybridized carbons (Fsp3) is 0.429. The van der Waals surface area contributed by atoms with Crippen LogP contribution >= 0.6 is 0 Å². The number of aliphatic hydroxyl groups is 1. The minimum absolute atomic E-state index is 0.0374. The van der Waals surface area contributed by atoms with E-state index in [1.807, 2.05) is 5.70 Å². The second-order valence-corrected chi connectivity index (χ2v) is 6.49. The van der Waals surface area contributed by atoms with Crippen molar-refractivity contribution < 1.29 is 5.11 Å². The van der Waals surface area contributed by atoms with Crippen LogP contribution in [0.4, 0.5) is 0 Å². The Labute approximate surface area is 57.4 Å². The summed E-state index contributed by atoms with van der Waals surface area (Å²) in [7, 11) is -1.46. The van der Waals surface area contributed by atoms with Crippen LogP contribution in [0, 0.1) is 11.5 Å². The van der Waals surface area contributed by atoms with Crippen molar-refractivity contribution in [1.82, 2.24) is 0 Å². The van der Waals surface area contributed by atoms with Crippen molar-refractivity contribution >= 4 is 8.07 Å². The van der Waals surface area contributed by atoms with E-state index in [9.17, 15) is 0 Å². The molecule has 0 fully saturated rings. The molecule has 0 aliphatic rings. The van der Waals surface area contributed by atoms with Gasteiger partial charge in [-0.25, -0.2) is 0 Å². The molecule has 0 unspecified atom stereocenters. The van der Waals surface area contributed by atoms with Crippen LogP contribution in [0.5, 0.6) is 0 Å². The van der Waals surface area contributed by atoms with Gasteiger partial charge in [0.2, 0.25) is 0 Å². The topological polar surface area (TPSA) is 20.2 Å². The quantitative estimate of drug-likeness (QED) is 0.425. The van der Waals surface area contributed by atoms with Crippen molar-refractivity contribution in [2.75, 3.05) is 6.61 Å². The first-order valence-corrected chi connectivity index (χ1v) is 5.94. The molecular formula is C7H12OSi. The maximum Gasteiger partial charge on any atom is 0.155 e. The Kier molecular flexibility index (Phi) is 3.29. The summed E-state index contributed by atoms with van der Waals surface area (Å²) in [5, 5.41) is 8.34. The fourth-order valence-electron chi connectivity index (χ4n) is 0.318. The zero-order valence-electron chi connectivity index (χ0n) is 5.94. The molecule has 0 radical (unpaired) electrons. The molecule has 0 atom stereocenters. The molecule has 0 aromatic rings. The van der Waals surface area contributed by atoms with Crippen molar-refractivity contribution in [2.45, 2.75) is 13.1 Å². The summed E-state index contributed by atoms with van der Waals surface area (Å²) < 4.78 is 0. The molecule has 9 heavy (non-hydrogen) atoms. The molecule has 0 heterocycles. The second kappa shape index (κ2) is 3.49. The first-order chi connectivity index (χ1) is 4.12. The molecule has 1 nitrogen and oxygen atoms in total. The lowest BCUT2D eigenvalue weighted by molar-refractivity contribution is 0.350. The van der Waals surface area contributed by atoms with Crippen molar-refractivity contribution in [3.8, 4) is 11.5 Å². The molecule has 0 aliphatic heterocycles. The zero-order valence-corrected chi connectivity index (χ0v) is 6.94. The fourth-order valence-corrected chi connectivity index (χ4v) is 0.955. The van der Waals surface area contributed by atoms with Crippen molar-refractivity contribution in [3.05, 3.63) is 12.3 Å². The molecular weight excluding hydrogens is 128 g/mol. The standard InChI is InChI=1S/C7H12OSi/c1-4-9(2,3)7-5-6-8/h4,8H,1,6H2,2-3H3. The third-order valence-electron chi connectivity index (χ3n) is 1.000. The van der Waals surface area contributed by atoms with E-state index in [1.54, 1.807) is 0 Å². The summed E-state index contributed by atoms with van der Waals surface area (Å²) in [6.45, 7) is 7.80. The van der Waals surface area contributed by atoms with Gasteiger partial charge in [-0.15, -0.1) is 12.1 Å². The van der Waals surface area contributed by atoms with Gasteiger partial charge in [0.25, 0.3) is 0 Å². The lowest BCUT2D eigenvalue weighted by Gasteiger charge is -2.04. The second-order valence-electron chi connectivity index (χ2n) is 2.39. The molecule has 1 N–H and O–H groups in total. The normalized spacial score (nSPS) is 9.67. The van der Waals surface area contributed by atoms with E-state index in [1.165, 1.54) is 0 Å². The summed E-state index contributed by atoms with van der Waals surface area (Å²) in [5.74, 6) is 2.64. The van der Waals surface area contributed by atoms with Gasteiger partial charge >= 0.3 is 0 Å². The molecule has 2 heteroatoms. The van der Waals surface area contributed by atoms with Gasteiger partial charge in [-0.05, 0) is 0 Å². The number of rotatable bonds is 1. The lowest BCUT2D eigenvalue weighted by atomic mass is 10.8. The average molecular weight is 140 g/mol. The predicted molar refractivity (Wildman–Crippen MR) is 42.5 cm³/mol. The van der Waals surface area contributed by atoms with Crippen LogP contribution < -0.4 is 0 Å². The van der Waals surface area contributed by atoms with Crippen molar-refractivity contribution in [1.29, 1.82) is 0 Å². The minimum Gasteiger partial charge on any atom is -0.384 e. The first-order valence-electron chi connectivity index (χ1n) is 2.87. The maximum atomic E-state index is 8.34. The van der Waals surface area contributed by atoms with E-state index in [0.29, 0.717) is 0 Å². The highest BCUT2D eigenvalue weighted by atomic mass is 28.3. The average Bonchev–Trinajstić information content (AvgIpc) is 1.84. The van der Waals surface area contributed by atoms with Crippen LogP contribution in [-0.4, -0.2) is 19.8 Å². The van der Waals surface area contributed by atoms with Crippen LogP contribution in [0.1, 0.15) is 0 Å². The molecule has 0 amide bonds. The summed E-state index contributed by atoms with van der Waals surface area (Å²) in [5.41, 5.74) is 4.88. The summed E-state index contributed by atoms with van der Waals surface area (Å²) in [6.07, 6.45) is 0. The van der Waals surface area contributed by atoms with Gasteiger partial charge in [0.1, 0.15) is 6.61 Å². The van der Waals surface area contributed by atoms with Gasteiger partial charge in [-0.3, -0.25) is 0 Å². The number of hydrogen-bond donors (Lipinski definition) is 1. The van der Waals surface area contributed by atoms with E-state index < -0.39 is 8.07 Å². The summed E-state index contributed by atoms with van der Waals surface area (Å²) in [4.78, 5) is 0. The SMILES string of the molecule is C=C[Si](C)(C)C#CCO. The summed E-state index contributed by atoms with van der Waals surface area (Å²) in [6, 6.07) is 0. The van der Waals surface area contributed by atoms with Gasteiger partial charge in [0.05, 0.1) is 0 Å². The van der Waals surface area contributed by atoms with Crippen molar-refractivity contribution in [2.24, 2.45) is 0 Å². The largest absolute Gasteiger partial charge is 0.384 e. The first kappa shape index (κ1) is 8.48. The Morgan fingerprint density at radius 3 is 2.56 bits per heavy atom. The molecule has 0 aromatic carbocycles. The van der Waals surface area contributed by atoms with E-state index in [2.05, 4.69) is 31.1 Å². The highest BCUT2D eigenvalue weighted by Crippen LogP contribution is 1.98. The van der Waals surface area contributed by atoms with Crippen molar-refractivity contribution in [3.63, 3.8) is 0 Å². The lowest BCUT2D eigenvalue weighted by Crippen LogP contribution is -2.19. The van der Waals surface area contributed by atoms with Gasteiger partial charge in [0.15, 0.2) is 8.07 Å². The van der Waals surface area contributed by atoms with Crippen LogP contribution in [0.2, 0.25) is 13.1 Å². The summed E-state index contributed by atoms with van der Waals surface area (Å²) >= 11 is 0. The number of aliphatic hydroxyl groups excluding tert-OH is 1. The van der Waals surface area contributed by atoms with Gasteiger partial charge in [-0.1, -0.05) is 24.7 Å². The highest BCUT2D eigenvalue weighted by molar-refractivity contribution is 6.89.